The molecule has 0 aliphatic heterocycles. The number of nitrogens with one attached hydrogen (secondary N) is 1. The molecule has 0 bridgehead atoms. The van der Waals surface area contributed by atoms with Crippen LogP contribution in [0.15, 0.2) is 12.4 Å². The summed E-state index contributed by atoms with van der Waals surface area (Å²) in [6.07, 6.45) is 7.54. The molecule has 3 unspecified atom stereocenters. The van der Waals surface area contributed by atoms with Crippen molar-refractivity contribution >= 4 is 11.8 Å². The second-order valence-corrected chi connectivity index (χ2v) is 6.46. The first-order valence-corrected chi connectivity index (χ1v) is 7.92. The van der Waals surface area contributed by atoms with E-state index in [-0.39, 0.29) is 0 Å². The summed E-state index contributed by atoms with van der Waals surface area (Å²) in [6.45, 7) is 6.48. The molecular formula is C14H23N3S. The van der Waals surface area contributed by atoms with Crippen LogP contribution in [0.2, 0.25) is 0 Å². The van der Waals surface area contributed by atoms with E-state index in [0.29, 0.717) is 12.1 Å². The number of hydrogen-bond acceptors (Lipinski definition) is 4. The Morgan fingerprint density at radius 2 is 2.17 bits per heavy atom. The maximum absolute atomic E-state index is 4.46. The van der Waals surface area contributed by atoms with Gasteiger partial charge in [0, 0.05) is 29.7 Å². The molecule has 3 nitrogen and oxygen atoms in total. The third kappa shape index (κ3) is 3.23. The van der Waals surface area contributed by atoms with Gasteiger partial charge >= 0.3 is 0 Å². The highest BCUT2D eigenvalue weighted by atomic mass is 32.2. The summed E-state index contributed by atoms with van der Waals surface area (Å²) in [6, 6.07) is 0.924. The zero-order chi connectivity index (χ0) is 13.0. The van der Waals surface area contributed by atoms with E-state index in [1.807, 2.05) is 6.92 Å². The molecule has 1 aromatic rings. The maximum atomic E-state index is 4.46. The average molecular weight is 265 g/mol. The van der Waals surface area contributed by atoms with Crippen molar-refractivity contribution in [3.63, 3.8) is 0 Å². The summed E-state index contributed by atoms with van der Waals surface area (Å²) >= 11 is 2.09. The fourth-order valence-corrected chi connectivity index (χ4v) is 3.98. The molecule has 0 amide bonds. The van der Waals surface area contributed by atoms with Gasteiger partial charge in [0.15, 0.2) is 0 Å². The molecule has 0 saturated heterocycles. The van der Waals surface area contributed by atoms with Crippen molar-refractivity contribution < 1.29 is 0 Å². The summed E-state index contributed by atoms with van der Waals surface area (Å²) in [4.78, 5) is 8.78. The molecule has 1 aromatic heterocycles. The van der Waals surface area contributed by atoms with Gasteiger partial charge in [0.05, 0.1) is 11.4 Å². The highest BCUT2D eigenvalue weighted by Crippen LogP contribution is 2.31. The standard InChI is InChI=1S/C14H23N3S/c1-4-18-13-7-5-6-12(13)17-11(3)14-10(2)15-8-9-16-14/h8-9,11-13,17H,4-7H2,1-3H3. The number of hydrogen-bond donors (Lipinski definition) is 1. The molecule has 1 fully saturated rings. The van der Waals surface area contributed by atoms with Gasteiger partial charge in [-0.1, -0.05) is 13.3 Å². The van der Waals surface area contributed by atoms with E-state index in [4.69, 9.17) is 0 Å². The zero-order valence-corrected chi connectivity index (χ0v) is 12.3. The number of aryl methyl sites for hydroxylation is 1. The predicted octanol–water partition coefficient (Wildman–Crippen LogP) is 3.11. The van der Waals surface area contributed by atoms with Crippen molar-refractivity contribution in [1.29, 1.82) is 0 Å². The van der Waals surface area contributed by atoms with Crippen molar-refractivity contribution in [2.45, 2.75) is 57.4 Å². The molecule has 4 heteroatoms. The molecule has 1 saturated carbocycles. The van der Waals surface area contributed by atoms with E-state index >= 15 is 0 Å². The Labute approximate surface area is 114 Å². The molecule has 0 aromatic carbocycles. The highest BCUT2D eigenvalue weighted by molar-refractivity contribution is 7.99. The van der Waals surface area contributed by atoms with Gasteiger partial charge in [-0.25, -0.2) is 0 Å². The minimum atomic E-state index is 0.293. The lowest BCUT2D eigenvalue weighted by Crippen LogP contribution is -2.36. The first-order valence-electron chi connectivity index (χ1n) is 6.87. The predicted molar refractivity (Wildman–Crippen MR) is 77.9 cm³/mol. The van der Waals surface area contributed by atoms with Gasteiger partial charge in [-0.05, 0) is 32.4 Å². The Kier molecular flexibility index (Phi) is 5.01. The van der Waals surface area contributed by atoms with Gasteiger partial charge in [0.25, 0.3) is 0 Å². The van der Waals surface area contributed by atoms with E-state index in [9.17, 15) is 0 Å². The molecule has 1 N–H and O–H groups in total. The molecule has 1 aliphatic carbocycles. The van der Waals surface area contributed by atoms with Gasteiger partial charge in [0.2, 0.25) is 0 Å². The van der Waals surface area contributed by atoms with Gasteiger partial charge in [0.1, 0.15) is 0 Å². The quantitative estimate of drug-likeness (QED) is 0.887. The lowest BCUT2D eigenvalue weighted by Gasteiger charge is -2.24. The summed E-state index contributed by atoms with van der Waals surface area (Å²) in [5.41, 5.74) is 2.12. The van der Waals surface area contributed by atoms with E-state index in [1.54, 1.807) is 12.4 Å². The maximum Gasteiger partial charge on any atom is 0.0782 e. The zero-order valence-electron chi connectivity index (χ0n) is 11.5. The minimum absolute atomic E-state index is 0.293. The van der Waals surface area contributed by atoms with Crippen LogP contribution in [-0.4, -0.2) is 27.0 Å². The van der Waals surface area contributed by atoms with E-state index in [0.717, 1.165) is 16.6 Å². The van der Waals surface area contributed by atoms with Crippen molar-refractivity contribution in [3.8, 4) is 0 Å². The van der Waals surface area contributed by atoms with Crippen LogP contribution in [0, 0.1) is 6.92 Å². The van der Waals surface area contributed by atoms with Gasteiger partial charge in [-0.15, -0.1) is 0 Å². The van der Waals surface area contributed by atoms with Crippen LogP contribution < -0.4 is 5.32 Å². The average Bonchev–Trinajstić information content (AvgIpc) is 2.78. The van der Waals surface area contributed by atoms with Crippen molar-refractivity contribution in [3.05, 3.63) is 23.8 Å². The van der Waals surface area contributed by atoms with Gasteiger partial charge in [-0.2, -0.15) is 11.8 Å². The minimum Gasteiger partial charge on any atom is -0.305 e. The summed E-state index contributed by atoms with van der Waals surface area (Å²) < 4.78 is 0. The first-order chi connectivity index (χ1) is 8.72. The van der Waals surface area contributed by atoms with Gasteiger partial charge < -0.3 is 5.32 Å². The number of nitrogens with zero attached hydrogens (tertiary/aromatic N) is 2. The Morgan fingerprint density at radius 3 is 2.89 bits per heavy atom. The Hall–Kier alpha value is -0.610. The molecule has 1 heterocycles. The third-order valence-electron chi connectivity index (χ3n) is 3.63. The second kappa shape index (κ2) is 6.53. The van der Waals surface area contributed by atoms with E-state index in [1.165, 1.54) is 25.0 Å². The molecule has 0 spiro atoms. The first kappa shape index (κ1) is 13.8. The Bertz CT molecular complexity index is 383. The molecule has 3 atom stereocenters. The number of rotatable bonds is 5. The van der Waals surface area contributed by atoms with Crippen molar-refractivity contribution in [1.82, 2.24) is 15.3 Å². The summed E-state index contributed by atoms with van der Waals surface area (Å²) in [5.74, 6) is 1.21. The molecule has 18 heavy (non-hydrogen) atoms. The summed E-state index contributed by atoms with van der Waals surface area (Å²) in [7, 11) is 0. The highest BCUT2D eigenvalue weighted by Gasteiger charge is 2.28. The topological polar surface area (TPSA) is 37.8 Å². The lowest BCUT2D eigenvalue weighted by atomic mass is 10.1. The van der Waals surface area contributed by atoms with Crippen LogP contribution in [0.4, 0.5) is 0 Å². The number of thioether (sulfide) groups is 1. The smallest absolute Gasteiger partial charge is 0.0782 e. The molecule has 0 radical (unpaired) electrons. The van der Waals surface area contributed by atoms with Crippen LogP contribution in [0.5, 0.6) is 0 Å². The normalized spacial score (nSPS) is 25.3. The SMILES string of the molecule is CCSC1CCCC1NC(C)c1nccnc1C. The largest absolute Gasteiger partial charge is 0.305 e. The fourth-order valence-electron chi connectivity index (χ4n) is 2.77. The second-order valence-electron chi connectivity index (χ2n) is 4.95. The van der Waals surface area contributed by atoms with Crippen LogP contribution in [0.25, 0.3) is 0 Å². The van der Waals surface area contributed by atoms with Crippen molar-refractivity contribution in [2.75, 3.05) is 5.75 Å². The molecule has 100 valence electrons. The Balaban J connectivity index is 1.98. The van der Waals surface area contributed by atoms with Crippen molar-refractivity contribution in [2.24, 2.45) is 0 Å². The van der Waals surface area contributed by atoms with Crippen LogP contribution in [-0.2, 0) is 0 Å². The Morgan fingerprint density at radius 1 is 1.39 bits per heavy atom. The summed E-state index contributed by atoms with van der Waals surface area (Å²) in [5, 5.41) is 4.52. The molecule has 1 aliphatic rings. The molecular weight excluding hydrogens is 242 g/mol. The van der Waals surface area contributed by atoms with E-state index in [2.05, 4.69) is 40.9 Å². The van der Waals surface area contributed by atoms with Crippen LogP contribution in [0.3, 0.4) is 0 Å². The molecule has 2 rings (SSSR count). The monoisotopic (exact) mass is 265 g/mol. The van der Waals surface area contributed by atoms with Gasteiger partial charge in [-0.3, -0.25) is 9.97 Å². The number of aromatic nitrogens is 2. The van der Waals surface area contributed by atoms with E-state index < -0.39 is 0 Å². The lowest BCUT2D eigenvalue weighted by molar-refractivity contribution is 0.458. The fraction of sp³-hybridized carbons (Fsp3) is 0.714. The van der Waals surface area contributed by atoms with Crippen LogP contribution in [0.1, 0.15) is 50.5 Å². The third-order valence-corrected chi connectivity index (χ3v) is 4.95. The van der Waals surface area contributed by atoms with Crippen LogP contribution >= 0.6 is 11.8 Å².